The SMILES string of the molecule is CC(C)c1ccc([C@@H]2CC(c3ccc(F)cc3)=NN2c2nc(-c3ccc(F)cc3)cs2)cc1. The fourth-order valence-electron chi connectivity index (χ4n) is 3.99. The van der Waals surface area contributed by atoms with Gasteiger partial charge in [0, 0.05) is 17.4 Å². The van der Waals surface area contributed by atoms with Crippen LogP contribution in [0.5, 0.6) is 0 Å². The third kappa shape index (κ3) is 4.44. The molecule has 1 aliphatic rings. The van der Waals surface area contributed by atoms with Crippen LogP contribution in [0, 0.1) is 11.6 Å². The van der Waals surface area contributed by atoms with Crippen LogP contribution in [-0.4, -0.2) is 10.7 Å². The number of aromatic nitrogens is 1. The molecule has 1 aromatic heterocycles. The largest absolute Gasteiger partial charge is 0.231 e. The van der Waals surface area contributed by atoms with E-state index in [2.05, 4.69) is 38.1 Å². The topological polar surface area (TPSA) is 28.5 Å². The van der Waals surface area contributed by atoms with E-state index in [1.165, 1.54) is 41.2 Å². The highest BCUT2D eigenvalue weighted by atomic mass is 32.1. The van der Waals surface area contributed by atoms with E-state index in [1.54, 1.807) is 24.3 Å². The van der Waals surface area contributed by atoms with Gasteiger partial charge in [-0.3, -0.25) is 0 Å². The summed E-state index contributed by atoms with van der Waals surface area (Å²) in [5, 5.41) is 9.60. The van der Waals surface area contributed by atoms with Crippen molar-refractivity contribution in [2.45, 2.75) is 32.2 Å². The minimum atomic E-state index is -0.271. The summed E-state index contributed by atoms with van der Waals surface area (Å²) in [6, 6.07) is 21.4. The van der Waals surface area contributed by atoms with Gasteiger partial charge in [0.05, 0.1) is 17.4 Å². The van der Waals surface area contributed by atoms with Crippen LogP contribution in [0.3, 0.4) is 0 Å². The third-order valence-electron chi connectivity index (χ3n) is 5.90. The number of thiazole rings is 1. The molecule has 0 saturated carbocycles. The van der Waals surface area contributed by atoms with Gasteiger partial charge in [0.2, 0.25) is 5.13 Å². The highest BCUT2D eigenvalue weighted by molar-refractivity contribution is 7.14. The van der Waals surface area contributed by atoms with E-state index < -0.39 is 0 Å². The molecule has 0 N–H and O–H groups in total. The first-order valence-corrected chi connectivity index (χ1v) is 11.8. The summed E-state index contributed by atoms with van der Waals surface area (Å²) in [5.41, 5.74) is 5.88. The molecule has 0 radical (unpaired) electrons. The average Bonchev–Trinajstić information content (AvgIpc) is 3.48. The molecule has 3 nitrogen and oxygen atoms in total. The minimum absolute atomic E-state index is 0.0153. The zero-order valence-corrected chi connectivity index (χ0v) is 19.2. The van der Waals surface area contributed by atoms with E-state index >= 15 is 0 Å². The lowest BCUT2D eigenvalue weighted by Gasteiger charge is -2.21. The highest BCUT2D eigenvalue weighted by Crippen LogP contribution is 2.39. The van der Waals surface area contributed by atoms with E-state index in [0.29, 0.717) is 12.3 Å². The third-order valence-corrected chi connectivity index (χ3v) is 6.73. The lowest BCUT2D eigenvalue weighted by atomic mass is 9.95. The Bertz CT molecular complexity index is 1280. The van der Waals surface area contributed by atoms with Crippen LogP contribution in [-0.2, 0) is 0 Å². The normalized spacial score (nSPS) is 15.8. The van der Waals surface area contributed by atoms with Crippen molar-refractivity contribution in [3.8, 4) is 11.3 Å². The van der Waals surface area contributed by atoms with Gasteiger partial charge in [0.25, 0.3) is 0 Å². The summed E-state index contributed by atoms with van der Waals surface area (Å²) in [7, 11) is 0. The fourth-order valence-corrected chi connectivity index (χ4v) is 4.82. The Morgan fingerprint density at radius 2 is 1.45 bits per heavy atom. The quantitative estimate of drug-likeness (QED) is 0.308. The molecule has 4 aromatic rings. The molecular weight excluding hydrogens is 436 g/mol. The van der Waals surface area contributed by atoms with Crippen molar-refractivity contribution in [3.63, 3.8) is 0 Å². The molecule has 0 aliphatic carbocycles. The maximum absolute atomic E-state index is 13.5. The molecule has 0 unspecified atom stereocenters. The van der Waals surface area contributed by atoms with Gasteiger partial charge < -0.3 is 0 Å². The Morgan fingerprint density at radius 3 is 2.06 bits per heavy atom. The Balaban J connectivity index is 1.51. The first-order valence-electron chi connectivity index (χ1n) is 10.9. The Morgan fingerprint density at radius 1 is 0.848 bits per heavy atom. The predicted octanol–water partition coefficient (Wildman–Crippen LogP) is 7.57. The van der Waals surface area contributed by atoms with Crippen molar-refractivity contribution in [1.82, 2.24) is 4.98 Å². The van der Waals surface area contributed by atoms with E-state index in [0.717, 1.165) is 33.2 Å². The second-order valence-corrected chi connectivity index (χ2v) is 9.30. The van der Waals surface area contributed by atoms with Crippen LogP contribution in [0.25, 0.3) is 11.3 Å². The van der Waals surface area contributed by atoms with Gasteiger partial charge in [0.1, 0.15) is 11.6 Å². The number of hydrazone groups is 1. The van der Waals surface area contributed by atoms with E-state index in [1.807, 2.05) is 10.4 Å². The van der Waals surface area contributed by atoms with E-state index in [9.17, 15) is 8.78 Å². The van der Waals surface area contributed by atoms with Crippen LogP contribution in [0.15, 0.2) is 83.3 Å². The fraction of sp³-hybridized carbons (Fsp3) is 0.185. The van der Waals surface area contributed by atoms with Crippen LogP contribution in [0.4, 0.5) is 13.9 Å². The molecule has 1 atom stereocenters. The first kappa shape index (κ1) is 21.5. The lowest BCUT2D eigenvalue weighted by Crippen LogP contribution is -2.18. The number of rotatable bonds is 5. The molecule has 0 amide bonds. The molecule has 0 fully saturated rings. The minimum Gasteiger partial charge on any atom is -0.231 e. The lowest BCUT2D eigenvalue weighted by molar-refractivity contribution is 0.627. The molecule has 2 heterocycles. The maximum atomic E-state index is 13.5. The Labute approximate surface area is 196 Å². The monoisotopic (exact) mass is 459 g/mol. The van der Waals surface area contributed by atoms with Crippen molar-refractivity contribution in [2.24, 2.45) is 5.10 Å². The van der Waals surface area contributed by atoms with Crippen molar-refractivity contribution < 1.29 is 8.78 Å². The molecule has 0 spiro atoms. The number of hydrogen-bond acceptors (Lipinski definition) is 4. The summed E-state index contributed by atoms with van der Waals surface area (Å²) >= 11 is 1.51. The van der Waals surface area contributed by atoms with Crippen LogP contribution >= 0.6 is 11.3 Å². The second kappa shape index (κ2) is 8.87. The number of hydrogen-bond donors (Lipinski definition) is 0. The molecular formula is C27H23F2N3S. The van der Waals surface area contributed by atoms with Crippen molar-refractivity contribution >= 4 is 22.2 Å². The van der Waals surface area contributed by atoms with Gasteiger partial charge in [0.15, 0.2) is 0 Å². The summed E-state index contributed by atoms with van der Waals surface area (Å²) in [5.74, 6) is -0.0759. The van der Waals surface area contributed by atoms with Gasteiger partial charge in [-0.25, -0.2) is 18.8 Å². The first-order chi connectivity index (χ1) is 16.0. The molecule has 6 heteroatoms. The molecule has 166 valence electrons. The maximum Gasteiger partial charge on any atom is 0.207 e. The van der Waals surface area contributed by atoms with Crippen LogP contribution in [0.2, 0.25) is 0 Å². The number of halogens is 2. The molecule has 0 bridgehead atoms. The summed E-state index contributed by atoms with van der Waals surface area (Å²) < 4.78 is 26.8. The molecule has 3 aromatic carbocycles. The Kier molecular flexibility index (Phi) is 5.77. The van der Waals surface area contributed by atoms with Gasteiger partial charge in [-0.15, -0.1) is 11.3 Å². The zero-order valence-electron chi connectivity index (χ0n) is 18.4. The van der Waals surface area contributed by atoms with Gasteiger partial charge in [-0.2, -0.15) is 5.10 Å². The van der Waals surface area contributed by atoms with E-state index in [4.69, 9.17) is 10.1 Å². The predicted molar refractivity (Wildman–Crippen MR) is 131 cm³/mol. The smallest absolute Gasteiger partial charge is 0.207 e. The highest BCUT2D eigenvalue weighted by Gasteiger charge is 2.31. The average molecular weight is 460 g/mol. The van der Waals surface area contributed by atoms with Crippen molar-refractivity contribution in [3.05, 3.63) is 107 Å². The molecule has 33 heavy (non-hydrogen) atoms. The standard InChI is InChI=1S/C27H23F2N3S/c1-17(2)18-3-5-21(6-4-18)26-15-24(19-7-11-22(28)12-8-19)31-32(26)27-30-25(16-33-27)20-9-13-23(29)14-10-20/h3-14,16-17,26H,15H2,1-2H3/t26-/m0/s1. The van der Waals surface area contributed by atoms with Gasteiger partial charge in [-0.1, -0.05) is 50.2 Å². The summed E-state index contributed by atoms with van der Waals surface area (Å²) in [4.78, 5) is 4.81. The van der Waals surface area contributed by atoms with E-state index in [-0.39, 0.29) is 17.7 Å². The number of benzene rings is 3. The summed E-state index contributed by atoms with van der Waals surface area (Å²) in [6.07, 6.45) is 0.693. The van der Waals surface area contributed by atoms with Crippen molar-refractivity contribution in [2.75, 3.05) is 5.01 Å². The van der Waals surface area contributed by atoms with Gasteiger partial charge in [-0.05, 0) is 59.0 Å². The van der Waals surface area contributed by atoms with Crippen LogP contribution < -0.4 is 5.01 Å². The number of nitrogens with zero attached hydrogens (tertiary/aromatic N) is 3. The van der Waals surface area contributed by atoms with Crippen molar-refractivity contribution in [1.29, 1.82) is 0 Å². The molecule has 0 saturated heterocycles. The second-order valence-electron chi connectivity index (χ2n) is 8.46. The molecule has 1 aliphatic heterocycles. The van der Waals surface area contributed by atoms with Gasteiger partial charge >= 0.3 is 0 Å². The zero-order chi connectivity index (χ0) is 22.9. The summed E-state index contributed by atoms with van der Waals surface area (Å²) in [6.45, 7) is 4.36. The Hall–Kier alpha value is -3.38. The van der Waals surface area contributed by atoms with Crippen LogP contribution in [0.1, 0.15) is 48.9 Å². The molecule has 5 rings (SSSR count). The number of anilines is 1.